The predicted octanol–water partition coefficient (Wildman–Crippen LogP) is 3.48. The van der Waals surface area contributed by atoms with Crippen molar-refractivity contribution in [3.63, 3.8) is 0 Å². The van der Waals surface area contributed by atoms with E-state index in [0.29, 0.717) is 37.2 Å². The monoisotopic (exact) mass is 394 g/mol. The summed E-state index contributed by atoms with van der Waals surface area (Å²) in [5, 5.41) is 2.83. The minimum absolute atomic E-state index is 0.0824. The average molecular weight is 395 g/mol. The Kier molecular flexibility index (Phi) is 6.70. The first-order chi connectivity index (χ1) is 12.5. The maximum Gasteiger partial charge on any atom is 0.407 e. The van der Waals surface area contributed by atoms with Gasteiger partial charge < -0.3 is 10.1 Å². The van der Waals surface area contributed by atoms with Crippen molar-refractivity contribution in [2.75, 3.05) is 13.1 Å². The summed E-state index contributed by atoms with van der Waals surface area (Å²) in [6.45, 7) is 12.0. The van der Waals surface area contributed by atoms with Crippen LogP contribution in [0.4, 0.5) is 4.79 Å². The third kappa shape index (κ3) is 6.36. The van der Waals surface area contributed by atoms with Crippen LogP contribution in [0.2, 0.25) is 0 Å². The number of alkyl carbamates (subject to hydrolysis) is 1. The van der Waals surface area contributed by atoms with Crippen molar-refractivity contribution in [3.8, 4) is 0 Å². The molecule has 2 rings (SSSR count). The van der Waals surface area contributed by atoms with Crippen LogP contribution in [0.15, 0.2) is 41.3 Å². The smallest absolute Gasteiger partial charge is 0.407 e. The lowest BCUT2D eigenvalue weighted by Crippen LogP contribution is -2.47. The zero-order valence-electron chi connectivity index (χ0n) is 16.6. The number of piperidine rings is 1. The molecule has 1 saturated heterocycles. The topological polar surface area (TPSA) is 75.7 Å². The molecule has 0 unspecified atom stereocenters. The van der Waals surface area contributed by atoms with E-state index < -0.39 is 21.7 Å². The van der Waals surface area contributed by atoms with Crippen molar-refractivity contribution in [2.45, 2.75) is 63.5 Å². The molecule has 1 N–H and O–H groups in total. The molecule has 0 bridgehead atoms. The Morgan fingerprint density at radius 1 is 1.30 bits per heavy atom. The van der Waals surface area contributed by atoms with Gasteiger partial charge in [0, 0.05) is 19.1 Å². The van der Waals surface area contributed by atoms with E-state index in [1.54, 1.807) is 18.2 Å². The molecular weight excluding hydrogens is 364 g/mol. The summed E-state index contributed by atoms with van der Waals surface area (Å²) in [5.74, 6) is 0. The van der Waals surface area contributed by atoms with Crippen LogP contribution in [0.5, 0.6) is 0 Å². The lowest BCUT2D eigenvalue weighted by molar-refractivity contribution is 0.0489. The van der Waals surface area contributed by atoms with E-state index in [9.17, 15) is 13.2 Å². The number of nitrogens with zero attached hydrogens (tertiary/aromatic N) is 1. The van der Waals surface area contributed by atoms with Gasteiger partial charge in [-0.25, -0.2) is 13.2 Å². The van der Waals surface area contributed by atoms with E-state index in [1.807, 2.05) is 33.8 Å². The fourth-order valence-corrected chi connectivity index (χ4v) is 4.57. The molecule has 0 saturated carbocycles. The highest BCUT2D eigenvalue weighted by Crippen LogP contribution is 2.22. The van der Waals surface area contributed by atoms with Crippen molar-refractivity contribution < 1.29 is 17.9 Å². The molecule has 1 heterocycles. The summed E-state index contributed by atoms with van der Waals surface area (Å²) >= 11 is 0. The van der Waals surface area contributed by atoms with Gasteiger partial charge in [0.25, 0.3) is 0 Å². The highest BCUT2D eigenvalue weighted by atomic mass is 32.2. The molecule has 27 heavy (non-hydrogen) atoms. The molecule has 6 nitrogen and oxygen atoms in total. The molecule has 1 aliphatic rings. The summed E-state index contributed by atoms with van der Waals surface area (Å²) in [5.41, 5.74) is 1.37. The minimum atomic E-state index is -3.54. The number of amides is 1. The maximum atomic E-state index is 12.9. The molecule has 1 fully saturated rings. The highest BCUT2D eigenvalue weighted by Gasteiger charge is 2.30. The maximum absolute atomic E-state index is 12.9. The number of nitrogens with one attached hydrogen (secondary N) is 1. The Hall–Kier alpha value is -1.86. The van der Waals surface area contributed by atoms with Gasteiger partial charge in [-0.3, -0.25) is 0 Å². The second kappa shape index (κ2) is 8.44. The van der Waals surface area contributed by atoms with Crippen molar-refractivity contribution in [1.29, 1.82) is 0 Å². The Labute approximate surface area is 162 Å². The van der Waals surface area contributed by atoms with Gasteiger partial charge in [-0.15, -0.1) is 0 Å². The Morgan fingerprint density at radius 2 is 1.93 bits per heavy atom. The van der Waals surface area contributed by atoms with Gasteiger partial charge in [-0.1, -0.05) is 24.3 Å². The lowest BCUT2D eigenvalue weighted by atomic mass is 10.1. The van der Waals surface area contributed by atoms with Crippen molar-refractivity contribution in [3.05, 3.63) is 42.0 Å². The molecule has 0 aliphatic carbocycles. The van der Waals surface area contributed by atoms with E-state index in [2.05, 4.69) is 11.9 Å². The molecule has 1 aromatic carbocycles. The van der Waals surface area contributed by atoms with E-state index in [0.717, 1.165) is 11.1 Å². The number of carbonyl (C=O) groups is 1. The number of hydrogen-bond acceptors (Lipinski definition) is 4. The molecule has 1 aromatic rings. The molecular formula is C20H30N2O4S. The van der Waals surface area contributed by atoms with Gasteiger partial charge in [0.2, 0.25) is 10.0 Å². The van der Waals surface area contributed by atoms with Crippen LogP contribution in [0.3, 0.4) is 0 Å². The number of rotatable bonds is 5. The number of allylic oxidation sites excluding steroid dienone is 1. The highest BCUT2D eigenvalue weighted by molar-refractivity contribution is 7.89. The molecule has 0 aromatic heterocycles. The Balaban J connectivity index is 1.98. The quantitative estimate of drug-likeness (QED) is 0.776. The van der Waals surface area contributed by atoms with Crippen molar-refractivity contribution >= 4 is 16.1 Å². The van der Waals surface area contributed by atoms with Crippen molar-refractivity contribution in [1.82, 2.24) is 9.62 Å². The standard InChI is InChI=1S/C20H30N2O4S/c1-15(2)13-16-7-6-8-18(14-16)27(24,25)22-11-9-17(10-12-22)21-19(23)26-20(3,4)5/h6-8,14,17H,1,9-13H2,2-5H3,(H,21,23). The third-order valence-corrected chi connectivity index (χ3v) is 6.11. The van der Waals surface area contributed by atoms with Gasteiger partial charge in [-0.05, 0) is 64.7 Å². The molecule has 1 amide bonds. The van der Waals surface area contributed by atoms with E-state index >= 15 is 0 Å². The number of hydrogen-bond donors (Lipinski definition) is 1. The summed E-state index contributed by atoms with van der Waals surface area (Å²) in [4.78, 5) is 12.2. The molecule has 150 valence electrons. The van der Waals surface area contributed by atoms with Crippen LogP contribution in [-0.4, -0.2) is 43.5 Å². The molecule has 7 heteroatoms. The normalized spacial score (nSPS) is 16.7. The van der Waals surface area contributed by atoms with E-state index in [4.69, 9.17) is 4.74 Å². The summed E-state index contributed by atoms with van der Waals surface area (Å²) in [6.07, 6.45) is 1.32. The van der Waals surface area contributed by atoms with Gasteiger partial charge in [0.15, 0.2) is 0 Å². The van der Waals surface area contributed by atoms with Crippen LogP contribution >= 0.6 is 0 Å². The lowest BCUT2D eigenvalue weighted by Gasteiger charge is -2.32. The van der Waals surface area contributed by atoms with Gasteiger partial charge in [-0.2, -0.15) is 4.31 Å². The first-order valence-electron chi connectivity index (χ1n) is 9.20. The molecule has 0 atom stereocenters. The van der Waals surface area contributed by atoms with Crippen LogP contribution in [0.25, 0.3) is 0 Å². The number of ether oxygens (including phenoxy) is 1. The Morgan fingerprint density at radius 3 is 2.48 bits per heavy atom. The fraction of sp³-hybridized carbons (Fsp3) is 0.550. The fourth-order valence-electron chi connectivity index (χ4n) is 3.03. The predicted molar refractivity (Wildman–Crippen MR) is 106 cm³/mol. The molecule has 0 spiro atoms. The van der Waals surface area contributed by atoms with Gasteiger partial charge >= 0.3 is 6.09 Å². The van der Waals surface area contributed by atoms with Crippen LogP contribution < -0.4 is 5.32 Å². The summed E-state index contributed by atoms with van der Waals surface area (Å²) < 4.78 is 32.6. The molecule has 1 aliphatic heterocycles. The molecule has 0 radical (unpaired) electrons. The summed E-state index contributed by atoms with van der Waals surface area (Å²) in [7, 11) is -3.54. The van der Waals surface area contributed by atoms with Gasteiger partial charge in [0.1, 0.15) is 5.60 Å². The number of carbonyl (C=O) groups excluding carboxylic acids is 1. The summed E-state index contributed by atoms with van der Waals surface area (Å²) in [6, 6.07) is 6.94. The van der Waals surface area contributed by atoms with Crippen LogP contribution in [-0.2, 0) is 21.2 Å². The largest absolute Gasteiger partial charge is 0.444 e. The second-order valence-corrected chi connectivity index (χ2v) is 10.0. The van der Waals surface area contributed by atoms with E-state index in [1.165, 1.54) is 4.31 Å². The van der Waals surface area contributed by atoms with Crippen LogP contribution in [0.1, 0.15) is 46.1 Å². The first kappa shape index (κ1) is 21.4. The average Bonchev–Trinajstić information content (AvgIpc) is 2.53. The number of benzene rings is 1. The van der Waals surface area contributed by atoms with Crippen molar-refractivity contribution in [2.24, 2.45) is 0 Å². The first-order valence-corrected chi connectivity index (χ1v) is 10.6. The van der Waals surface area contributed by atoms with E-state index in [-0.39, 0.29) is 6.04 Å². The van der Waals surface area contributed by atoms with Crippen LogP contribution in [0, 0.1) is 0 Å². The third-order valence-electron chi connectivity index (χ3n) is 4.22. The van der Waals surface area contributed by atoms with Gasteiger partial charge in [0.05, 0.1) is 4.90 Å². The number of sulfonamides is 1. The second-order valence-electron chi connectivity index (χ2n) is 8.11. The zero-order valence-corrected chi connectivity index (χ0v) is 17.4. The SMILES string of the molecule is C=C(C)Cc1cccc(S(=O)(=O)N2CCC(NC(=O)OC(C)(C)C)CC2)c1. The zero-order chi connectivity index (χ0) is 20.2. The minimum Gasteiger partial charge on any atom is -0.444 e. The Bertz CT molecular complexity index is 788.